The van der Waals surface area contributed by atoms with Crippen LogP contribution in [-0.4, -0.2) is 23.3 Å². The van der Waals surface area contributed by atoms with Crippen LogP contribution >= 0.6 is 0 Å². The van der Waals surface area contributed by atoms with Gasteiger partial charge in [-0.1, -0.05) is 19.9 Å². The lowest BCUT2D eigenvalue weighted by Gasteiger charge is -2.04. The highest BCUT2D eigenvalue weighted by molar-refractivity contribution is 5.61. The SMILES string of the molecule is COCCc1ccc2c(C(C)C)c(C#N)nn2c1. The zero-order chi connectivity index (χ0) is 13.1. The summed E-state index contributed by atoms with van der Waals surface area (Å²) in [6.45, 7) is 4.85. The predicted molar refractivity (Wildman–Crippen MR) is 69.6 cm³/mol. The van der Waals surface area contributed by atoms with Gasteiger partial charge in [0.2, 0.25) is 0 Å². The van der Waals surface area contributed by atoms with E-state index in [9.17, 15) is 0 Å². The van der Waals surface area contributed by atoms with Gasteiger partial charge in [-0.2, -0.15) is 10.4 Å². The molecule has 0 bridgehead atoms. The molecule has 0 unspecified atom stereocenters. The molecule has 0 saturated heterocycles. The number of pyridine rings is 1. The maximum Gasteiger partial charge on any atom is 0.166 e. The summed E-state index contributed by atoms with van der Waals surface area (Å²) in [5.74, 6) is 0.293. The van der Waals surface area contributed by atoms with Crippen molar-refractivity contribution < 1.29 is 4.74 Å². The molecule has 94 valence electrons. The first-order chi connectivity index (χ1) is 8.67. The smallest absolute Gasteiger partial charge is 0.166 e. The number of hydrogen-bond donors (Lipinski definition) is 0. The minimum atomic E-state index is 0.293. The maximum absolute atomic E-state index is 9.13. The Morgan fingerprint density at radius 3 is 2.83 bits per heavy atom. The van der Waals surface area contributed by atoms with E-state index in [2.05, 4.69) is 31.1 Å². The van der Waals surface area contributed by atoms with E-state index in [1.54, 1.807) is 11.6 Å². The van der Waals surface area contributed by atoms with Gasteiger partial charge in [-0.05, 0) is 24.0 Å². The van der Waals surface area contributed by atoms with Crippen LogP contribution < -0.4 is 0 Å². The highest BCUT2D eigenvalue weighted by atomic mass is 16.5. The maximum atomic E-state index is 9.13. The van der Waals surface area contributed by atoms with Crippen LogP contribution in [0, 0.1) is 11.3 Å². The van der Waals surface area contributed by atoms with Gasteiger partial charge in [-0.15, -0.1) is 0 Å². The normalized spacial score (nSPS) is 11.1. The second kappa shape index (κ2) is 5.19. The van der Waals surface area contributed by atoms with Gasteiger partial charge in [0, 0.05) is 18.9 Å². The molecule has 18 heavy (non-hydrogen) atoms. The molecular formula is C14H17N3O. The standard InChI is InChI=1S/C14H17N3O/c1-10(2)14-12(8-15)16-17-9-11(6-7-18-3)4-5-13(14)17/h4-5,9-10H,6-7H2,1-3H3. The Balaban J connectivity index is 2.50. The molecule has 0 saturated carbocycles. The average molecular weight is 243 g/mol. The summed E-state index contributed by atoms with van der Waals surface area (Å²) < 4.78 is 6.87. The van der Waals surface area contributed by atoms with Crippen LogP contribution in [-0.2, 0) is 11.2 Å². The van der Waals surface area contributed by atoms with Gasteiger partial charge in [0.25, 0.3) is 0 Å². The van der Waals surface area contributed by atoms with Gasteiger partial charge >= 0.3 is 0 Å². The first-order valence-corrected chi connectivity index (χ1v) is 6.07. The first-order valence-electron chi connectivity index (χ1n) is 6.07. The van der Waals surface area contributed by atoms with Gasteiger partial charge < -0.3 is 4.74 Å². The Morgan fingerprint density at radius 1 is 1.44 bits per heavy atom. The molecule has 0 N–H and O–H groups in total. The zero-order valence-electron chi connectivity index (χ0n) is 11.0. The molecule has 0 aliphatic heterocycles. The number of nitrogens with zero attached hydrogens (tertiary/aromatic N) is 3. The molecule has 0 aliphatic carbocycles. The summed E-state index contributed by atoms with van der Waals surface area (Å²) in [6, 6.07) is 6.28. The van der Waals surface area contributed by atoms with Crippen LogP contribution in [0.4, 0.5) is 0 Å². The fourth-order valence-electron chi connectivity index (χ4n) is 2.13. The molecule has 0 radical (unpaired) electrons. The molecule has 0 spiro atoms. The van der Waals surface area contributed by atoms with Crippen molar-refractivity contribution in [3.05, 3.63) is 35.2 Å². The third-order valence-electron chi connectivity index (χ3n) is 3.01. The summed E-state index contributed by atoms with van der Waals surface area (Å²) in [5.41, 5.74) is 3.72. The summed E-state index contributed by atoms with van der Waals surface area (Å²) in [7, 11) is 1.69. The molecule has 0 amide bonds. The Labute approximate surface area is 107 Å². The molecule has 2 aromatic heterocycles. The first kappa shape index (κ1) is 12.6. The second-order valence-corrected chi connectivity index (χ2v) is 4.64. The number of methoxy groups -OCH3 is 1. The Hall–Kier alpha value is -1.86. The third kappa shape index (κ3) is 2.22. The Kier molecular flexibility index (Phi) is 3.63. The fourth-order valence-corrected chi connectivity index (χ4v) is 2.13. The van der Waals surface area contributed by atoms with Crippen molar-refractivity contribution in [2.24, 2.45) is 0 Å². The van der Waals surface area contributed by atoms with E-state index >= 15 is 0 Å². The zero-order valence-corrected chi connectivity index (χ0v) is 11.0. The van der Waals surface area contributed by atoms with E-state index in [4.69, 9.17) is 10.00 Å². The lowest BCUT2D eigenvalue weighted by molar-refractivity contribution is 0.202. The third-order valence-corrected chi connectivity index (χ3v) is 3.01. The van der Waals surface area contributed by atoms with Crippen molar-refractivity contribution in [1.82, 2.24) is 9.61 Å². The van der Waals surface area contributed by atoms with E-state index in [1.165, 1.54) is 0 Å². The largest absolute Gasteiger partial charge is 0.384 e. The lowest BCUT2D eigenvalue weighted by atomic mass is 10.0. The van der Waals surface area contributed by atoms with E-state index < -0.39 is 0 Å². The van der Waals surface area contributed by atoms with Crippen molar-refractivity contribution >= 4 is 5.52 Å². The van der Waals surface area contributed by atoms with Crippen molar-refractivity contribution in [3.8, 4) is 6.07 Å². The van der Waals surface area contributed by atoms with Gasteiger partial charge in [-0.25, -0.2) is 4.52 Å². The molecule has 4 nitrogen and oxygen atoms in total. The number of aromatic nitrogens is 2. The molecular weight excluding hydrogens is 226 g/mol. The van der Waals surface area contributed by atoms with Crippen LogP contribution in [0.5, 0.6) is 0 Å². The molecule has 0 atom stereocenters. The Bertz CT molecular complexity index is 593. The van der Waals surface area contributed by atoms with Crippen LogP contribution in [0.1, 0.15) is 36.6 Å². The quantitative estimate of drug-likeness (QED) is 0.829. The fraction of sp³-hybridized carbons (Fsp3) is 0.429. The van der Waals surface area contributed by atoms with Crippen LogP contribution in [0.2, 0.25) is 0 Å². The topological polar surface area (TPSA) is 50.3 Å². The predicted octanol–water partition coefficient (Wildman–Crippen LogP) is 2.52. The second-order valence-electron chi connectivity index (χ2n) is 4.64. The molecule has 0 aliphatic rings. The van der Waals surface area contributed by atoms with E-state index in [0.29, 0.717) is 18.2 Å². The van der Waals surface area contributed by atoms with Gasteiger partial charge in [-0.3, -0.25) is 0 Å². The van der Waals surface area contributed by atoms with Gasteiger partial charge in [0.05, 0.1) is 12.1 Å². The van der Waals surface area contributed by atoms with Crippen LogP contribution in [0.25, 0.3) is 5.52 Å². The number of nitriles is 1. The number of rotatable bonds is 4. The van der Waals surface area contributed by atoms with Crippen molar-refractivity contribution in [2.75, 3.05) is 13.7 Å². The Morgan fingerprint density at radius 2 is 2.22 bits per heavy atom. The molecule has 0 aromatic carbocycles. The average Bonchev–Trinajstić information content (AvgIpc) is 2.73. The molecule has 2 aromatic rings. The van der Waals surface area contributed by atoms with Crippen LogP contribution in [0.3, 0.4) is 0 Å². The van der Waals surface area contributed by atoms with Gasteiger partial charge in [0.15, 0.2) is 5.69 Å². The number of ether oxygens (including phenoxy) is 1. The molecule has 2 heterocycles. The van der Waals surface area contributed by atoms with Crippen molar-refractivity contribution in [3.63, 3.8) is 0 Å². The minimum Gasteiger partial charge on any atom is -0.384 e. The summed E-state index contributed by atoms with van der Waals surface area (Å²) in [6.07, 6.45) is 2.83. The summed E-state index contributed by atoms with van der Waals surface area (Å²) >= 11 is 0. The van der Waals surface area contributed by atoms with E-state index in [1.807, 2.05) is 12.3 Å². The van der Waals surface area contributed by atoms with Crippen LogP contribution in [0.15, 0.2) is 18.3 Å². The van der Waals surface area contributed by atoms with Crippen molar-refractivity contribution in [2.45, 2.75) is 26.2 Å². The van der Waals surface area contributed by atoms with E-state index in [0.717, 1.165) is 23.1 Å². The monoisotopic (exact) mass is 243 g/mol. The summed E-state index contributed by atoms with van der Waals surface area (Å²) in [4.78, 5) is 0. The molecule has 0 fully saturated rings. The number of fused-ring (bicyclic) bond motifs is 1. The molecule has 4 heteroatoms. The van der Waals surface area contributed by atoms with Gasteiger partial charge in [0.1, 0.15) is 6.07 Å². The number of hydrogen-bond acceptors (Lipinski definition) is 3. The van der Waals surface area contributed by atoms with Crippen molar-refractivity contribution in [1.29, 1.82) is 5.26 Å². The minimum absolute atomic E-state index is 0.293. The highest BCUT2D eigenvalue weighted by Gasteiger charge is 2.15. The lowest BCUT2D eigenvalue weighted by Crippen LogP contribution is -1.97. The van der Waals surface area contributed by atoms with E-state index in [-0.39, 0.29) is 0 Å². The summed E-state index contributed by atoms with van der Waals surface area (Å²) in [5, 5.41) is 13.5. The highest BCUT2D eigenvalue weighted by Crippen LogP contribution is 2.24. The molecule has 2 rings (SSSR count).